The molecule has 1 aromatic heterocycles. The molecule has 1 atom stereocenters. The molecule has 0 unspecified atom stereocenters. The monoisotopic (exact) mass is 314 g/mol. The molecule has 2 heterocycles. The number of rotatable bonds is 3. The van der Waals surface area contributed by atoms with Gasteiger partial charge in [-0.3, -0.25) is 4.79 Å². The predicted molar refractivity (Wildman–Crippen MR) is 83.3 cm³/mol. The highest BCUT2D eigenvalue weighted by Crippen LogP contribution is 2.21. The molecule has 7 heteroatoms. The highest BCUT2D eigenvalue weighted by Gasteiger charge is 2.26. The fraction of sp³-hybridized carbons (Fsp3) is 0.312. The second kappa shape index (κ2) is 6.62. The number of carbonyl (C=O) groups excluding carboxylic acids is 1. The molecule has 0 radical (unpaired) electrons. The van der Waals surface area contributed by atoms with Gasteiger partial charge in [-0.05, 0) is 17.7 Å². The summed E-state index contributed by atoms with van der Waals surface area (Å²) in [6, 6.07) is 8.57. The highest BCUT2D eigenvalue weighted by atomic mass is 16.5. The molecule has 3 rings (SSSR count). The summed E-state index contributed by atoms with van der Waals surface area (Å²) in [5, 5.41) is 12.8. The number of benzene rings is 1. The second-order valence-electron chi connectivity index (χ2n) is 5.30. The molecule has 1 aliphatic rings. The van der Waals surface area contributed by atoms with E-state index in [0.29, 0.717) is 31.2 Å². The van der Waals surface area contributed by atoms with E-state index in [2.05, 4.69) is 15.3 Å². The lowest BCUT2D eigenvalue weighted by Crippen LogP contribution is -2.48. The Morgan fingerprint density at radius 1 is 1.35 bits per heavy atom. The Balaban J connectivity index is 1.75. The zero-order chi connectivity index (χ0) is 16.2. The topological polar surface area (TPSA) is 87.6 Å². The van der Waals surface area contributed by atoms with Gasteiger partial charge in [0, 0.05) is 31.7 Å². The molecular weight excluding hydrogens is 296 g/mol. The molecule has 0 aliphatic carbocycles. The van der Waals surface area contributed by atoms with E-state index >= 15 is 0 Å². The number of ether oxygens (including phenoxy) is 1. The molecule has 7 nitrogen and oxygen atoms in total. The van der Waals surface area contributed by atoms with Crippen molar-refractivity contribution in [3.63, 3.8) is 0 Å². The zero-order valence-corrected chi connectivity index (χ0v) is 12.8. The number of carbonyl (C=O) groups is 1. The first-order valence-electron chi connectivity index (χ1n) is 7.35. The van der Waals surface area contributed by atoms with Crippen molar-refractivity contribution in [1.29, 1.82) is 0 Å². The standard InChI is InChI=1S/C16H18N4O3/c1-23-15-8-13(18-10-19-15)16(22)20-7-6-17-14(9-20)11-2-4-12(21)5-3-11/h2-5,8,10,14,17,21H,6-7,9H2,1H3/t14-/m0/s1. The molecule has 1 amide bonds. The van der Waals surface area contributed by atoms with Crippen molar-refractivity contribution in [2.45, 2.75) is 6.04 Å². The highest BCUT2D eigenvalue weighted by molar-refractivity contribution is 5.92. The minimum atomic E-state index is -0.143. The second-order valence-corrected chi connectivity index (χ2v) is 5.30. The fourth-order valence-electron chi connectivity index (χ4n) is 2.59. The number of nitrogens with zero attached hydrogens (tertiary/aromatic N) is 3. The molecule has 1 fully saturated rings. The minimum Gasteiger partial charge on any atom is -0.508 e. The Labute approximate surface area is 133 Å². The van der Waals surface area contributed by atoms with Crippen molar-refractivity contribution in [3.8, 4) is 11.6 Å². The number of methoxy groups -OCH3 is 1. The SMILES string of the molecule is COc1cc(C(=O)N2CCN[C@H](c3ccc(O)cc3)C2)ncn1. The number of aromatic hydroxyl groups is 1. The van der Waals surface area contributed by atoms with Crippen LogP contribution in [-0.2, 0) is 0 Å². The van der Waals surface area contributed by atoms with Crippen molar-refractivity contribution in [3.05, 3.63) is 47.9 Å². The van der Waals surface area contributed by atoms with Crippen molar-refractivity contribution in [2.75, 3.05) is 26.7 Å². The summed E-state index contributed by atoms with van der Waals surface area (Å²) in [5.41, 5.74) is 1.35. The quantitative estimate of drug-likeness (QED) is 0.878. The van der Waals surface area contributed by atoms with Crippen LogP contribution in [0.15, 0.2) is 36.7 Å². The molecule has 0 bridgehead atoms. The maximum atomic E-state index is 12.6. The summed E-state index contributed by atoms with van der Waals surface area (Å²) >= 11 is 0. The third-order valence-electron chi connectivity index (χ3n) is 3.83. The van der Waals surface area contributed by atoms with Gasteiger partial charge in [0.2, 0.25) is 5.88 Å². The summed E-state index contributed by atoms with van der Waals surface area (Å²) in [7, 11) is 1.50. The van der Waals surface area contributed by atoms with Crippen LogP contribution in [0.2, 0.25) is 0 Å². The molecule has 1 aliphatic heterocycles. The Hall–Kier alpha value is -2.67. The van der Waals surface area contributed by atoms with Gasteiger partial charge in [0.25, 0.3) is 5.91 Å². The van der Waals surface area contributed by atoms with Gasteiger partial charge in [-0.15, -0.1) is 0 Å². The number of piperazine rings is 1. The van der Waals surface area contributed by atoms with Crippen LogP contribution in [0.4, 0.5) is 0 Å². The molecule has 2 aromatic rings. The van der Waals surface area contributed by atoms with E-state index in [1.807, 2.05) is 12.1 Å². The first-order valence-corrected chi connectivity index (χ1v) is 7.35. The predicted octanol–water partition coefficient (Wildman–Crippen LogP) is 0.978. The molecule has 120 valence electrons. The van der Waals surface area contributed by atoms with Gasteiger partial charge in [-0.2, -0.15) is 0 Å². The van der Waals surface area contributed by atoms with Crippen molar-refractivity contribution < 1.29 is 14.6 Å². The number of aromatic nitrogens is 2. The Morgan fingerprint density at radius 3 is 2.87 bits per heavy atom. The van der Waals surface area contributed by atoms with Crippen LogP contribution in [0.25, 0.3) is 0 Å². The number of phenolic OH excluding ortho intramolecular Hbond substituents is 1. The van der Waals surface area contributed by atoms with E-state index in [0.717, 1.165) is 5.56 Å². The van der Waals surface area contributed by atoms with Crippen LogP contribution in [-0.4, -0.2) is 52.6 Å². The Kier molecular flexibility index (Phi) is 4.38. The normalized spacial score (nSPS) is 17.8. The lowest BCUT2D eigenvalue weighted by molar-refractivity contribution is 0.0696. The molecule has 1 aromatic carbocycles. The maximum absolute atomic E-state index is 12.6. The van der Waals surface area contributed by atoms with Crippen LogP contribution in [0, 0.1) is 0 Å². The van der Waals surface area contributed by atoms with Crippen LogP contribution in [0.5, 0.6) is 11.6 Å². The Bertz CT molecular complexity index is 690. The zero-order valence-electron chi connectivity index (χ0n) is 12.8. The first-order chi connectivity index (χ1) is 11.2. The number of nitrogens with one attached hydrogen (secondary N) is 1. The summed E-state index contributed by atoms with van der Waals surface area (Å²) in [6.07, 6.45) is 1.33. The van der Waals surface area contributed by atoms with Crippen LogP contribution in [0.3, 0.4) is 0 Å². The van der Waals surface area contributed by atoms with E-state index in [-0.39, 0.29) is 17.7 Å². The summed E-state index contributed by atoms with van der Waals surface area (Å²) in [5.74, 6) is 0.454. The molecular formula is C16H18N4O3. The van der Waals surface area contributed by atoms with E-state index < -0.39 is 0 Å². The average Bonchev–Trinajstić information content (AvgIpc) is 2.62. The fourth-order valence-corrected chi connectivity index (χ4v) is 2.59. The Morgan fingerprint density at radius 2 is 2.13 bits per heavy atom. The van der Waals surface area contributed by atoms with Crippen LogP contribution >= 0.6 is 0 Å². The first kappa shape index (κ1) is 15.2. The maximum Gasteiger partial charge on any atom is 0.272 e. The molecule has 23 heavy (non-hydrogen) atoms. The van der Waals surface area contributed by atoms with Crippen molar-refractivity contribution in [2.24, 2.45) is 0 Å². The van der Waals surface area contributed by atoms with Crippen LogP contribution in [0.1, 0.15) is 22.1 Å². The van der Waals surface area contributed by atoms with Gasteiger partial charge >= 0.3 is 0 Å². The molecule has 1 saturated heterocycles. The van der Waals surface area contributed by atoms with Gasteiger partial charge in [0.1, 0.15) is 17.8 Å². The molecule has 0 saturated carbocycles. The molecule has 2 N–H and O–H groups in total. The van der Waals surface area contributed by atoms with Gasteiger partial charge in [-0.1, -0.05) is 12.1 Å². The number of amides is 1. The summed E-state index contributed by atoms with van der Waals surface area (Å²) in [6.45, 7) is 1.84. The van der Waals surface area contributed by atoms with Crippen LogP contribution < -0.4 is 10.1 Å². The smallest absolute Gasteiger partial charge is 0.272 e. The summed E-state index contributed by atoms with van der Waals surface area (Å²) in [4.78, 5) is 22.3. The van der Waals surface area contributed by atoms with Crippen molar-refractivity contribution in [1.82, 2.24) is 20.2 Å². The number of phenols is 1. The summed E-state index contributed by atoms with van der Waals surface area (Å²) < 4.78 is 5.04. The van der Waals surface area contributed by atoms with Gasteiger partial charge in [0.15, 0.2) is 0 Å². The molecule has 0 spiro atoms. The van der Waals surface area contributed by atoms with Gasteiger partial charge in [0.05, 0.1) is 7.11 Å². The largest absolute Gasteiger partial charge is 0.508 e. The third-order valence-corrected chi connectivity index (χ3v) is 3.83. The average molecular weight is 314 g/mol. The minimum absolute atomic E-state index is 0.0250. The van der Waals surface area contributed by atoms with Crippen molar-refractivity contribution >= 4 is 5.91 Å². The van der Waals surface area contributed by atoms with E-state index in [4.69, 9.17) is 4.74 Å². The van der Waals surface area contributed by atoms with E-state index in [1.54, 1.807) is 23.1 Å². The number of hydrogen-bond donors (Lipinski definition) is 2. The van der Waals surface area contributed by atoms with E-state index in [1.165, 1.54) is 13.4 Å². The third kappa shape index (κ3) is 3.40. The van der Waals surface area contributed by atoms with Gasteiger partial charge < -0.3 is 20.1 Å². The van der Waals surface area contributed by atoms with E-state index in [9.17, 15) is 9.90 Å². The van der Waals surface area contributed by atoms with Gasteiger partial charge in [-0.25, -0.2) is 9.97 Å². The lowest BCUT2D eigenvalue weighted by Gasteiger charge is -2.33. The lowest BCUT2D eigenvalue weighted by atomic mass is 10.0. The number of hydrogen-bond acceptors (Lipinski definition) is 6.